The van der Waals surface area contributed by atoms with Gasteiger partial charge in [0, 0.05) is 7.05 Å². The van der Waals surface area contributed by atoms with Crippen molar-refractivity contribution in [3.63, 3.8) is 0 Å². The second kappa shape index (κ2) is 8.42. The Morgan fingerprint density at radius 3 is 2.23 bits per heavy atom. The normalized spacial score (nSPS) is 12.8. The molecule has 140 valence electrons. The summed E-state index contributed by atoms with van der Waals surface area (Å²) >= 11 is 0. The molecule has 0 aromatic heterocycles. The predicted molar refractivity (Wildman–Crippen MR) is 98.6 cm³/mol. The molecule has 0 aliphatic carbocycles. The van der Waals surface area contributed by atoms with Gasteiger partial charge in [0.2, 0.25) is 15.9 Å². The molecule has 0 saturated carbocycles. The second-order valence-corrected chi connectivity index (χ2v) is 8.14. The van der Waals surface area contributed by atoms with Crippen LogP contribution in [0.1, 0.15) is 31.0 Å². The molecule has 1 atom stereocenters. The highest BCUT2D eigenvalue weighted by Gasteiger charge is 2.23. The van der Waals surface area contributed by atoms with Gasteiger partial charge >= 0.3 is 0 Å². The molecule has 2 aromatic carbocycles. The average molecular weight is 378 g/mol. The monoisotopic (exact) mass is 378 g/mol. The molecule has 2 aromatic rings. The Bertz CT molecular complexity index is 849. The lowest BCUT2D eigenvalue weighted by atomic mass is 10.1. The van der Waals surface area contributed by atoms with Crippen molar-refractivity contribution in [2.75, 3.05) is 13.6 Å². The fourth-order valence-corrected chi connectivity index (χ4v) is 3.61. The summed E-state index contributed by atoms with van der Waals surface area (Å²) in [5.41, 5.74) is 2.15. The van der Waals surface area contributed by atoms with E-state index in [0.717, 1.165) is 28.4 Å². The number of carbonyl (C=O) groups is 1. The number of carbonyl (C=O) groups excluding carboxylic acids is 1. The van der Waals surface area contributed by atoms with Crippen LogP contribution in [0.4, 0.5) is 4.39 Å². The molecule has 0 aliphatic heterocycles. The van der Waals surface area contributed by atoms with Gasteiger partial charge in [-0.1, -0.05) is 31.2 Å². The number of nitrogens with zero attached hydrogens (tertiary/aromatic N) is 1. The summed E-state index contributed by atoms with van der Waals surface area (Å²) in [6.07, 6.45) is 0.938. The molecule has 26 heavy (non-hydrogen) atoms. The summed E-state index contributed by atoms with van der Waals surface area (Å²) in [5.74, 6) is -0.933. The molecule has 0 aliphatic rings. The molecule has 0 radical (unpaired) electrons. The van der Waals surface area contributed by atoms with Crippen LogP contribution in [0.5, 0.6) is 0 Å². The molecule has 0 heterocycles. The molecule has 5 nitrogen and oxygen atoms in total. The zero-order valence-electron chi connectivity index (χ0n) is 15.1. The van der Waals surface area contributed by atoms with Crippen LogP contribution >= 0.6 is 0 Å². The summed E-state index contributed by atoms with van der Waals surface area (Å²) in [6.45, 7) is 3.59. The summed E-state index contributed by atoms with van der Waals surface area (Å²) < 4.78 is 38.8. The predicted octanol–water partition coefficient (Wildman–Crippen LogP) is 2.89. The quantitative estimate of drug-likeness (QED) is 0.806. The van der Waals surface area contributed by atoms with Crippen LogP contribution in [0.3, 0.4) is 0 Å². The maximum Gasteiger partial charge on any atom is 0.243 e. The van der Waals surface area contributed by atoms with Crippen LogP contribution in [0, 0.1) is 5.82 Å². The summed E-state index contributed by atoms with van der Waals surface area (Å²) in [5, 5.41) is 2.79. The van der Waals surface area contributed by atoms with Crippen LogP contribution < -0.4 is 5.32 Å². The summed E-state index contributed by atoms with van der Waals surface area (Å²) in [4.78, 5) is 12.2. The SMILES string of the molecule is CCc1ccc(C(C)NC(=O)CN(C)S(=O)(=O)c2ccc(F)cc2)cc1. The van der Waals surface area contributed by atoms with Gasteiger partial charge in [-0.15, -0.1) is 0 Å². The molecule has 0 spiro atoms. The van der Waals surface area contributed by atoms with Crippen LogP contribution in [0.2, 0.25) is 0 Å². The number of hydrogen-bond acceptors (Lipinski definition) is 3. The number of halogens is 1. The van der Waals surface area contributed by atoms with Gasteiger partial charge in [-0.2, -0.15) is 4.31 Å². The van der Waals surface area contributed by atoms with Crippen molar-refractivity contribution in [1.29, 1.82) is 0 Å². The van der Waals surface area contributed by atoms with E-state index in [1.807, 2.05) is 31.2 Å². The molecule has 2 rings (SSSR count). The Labute approximate surface area is 153 Å². The van der Waals surface area contributed by atoms with E-state index in [0.29, 0.717) is 0 Å². The first kappa shape index (κ1) is 20.1. The first-order valence-corrected chi connectivity index (χ1v) is 9.78. The number of rotatable bonds is 7. The van der Waals surface area contributed by atoms with Crippen molar-refractivity contribution in [3.8, 4) is 0 Å². The van der Waals surface area contributed by atoms with Crippen LogP contribution in [0.15, 0.2) is 53.4 Å². The van der Waals surface area contributed by atoms with E-state index in [-0.39, 0.29) is 17.5 Å². The fraction of sp³-hybridized carbons (Fsp3) is 0.316. The van der Waals surface area contributed by atoms with Crippen molar-refractivity contribution in [2.24, 2.45) is 0 Å². The van der Waals surface area contributed by atoms with E-state index < -0.39 is 21.7 Å². The van der Waals surface area contributed by atoms with E-state index in [1.54, 1.807) is 0 Å². The number of hydrogen-bond donors (Lipinski definition) is 1. The minimum Gasteiger partial charge on any atom is -0.348 e. The van der Waals surface area contributed by atoms with E-state index in [4.69, 9.17) is 0 Å². The van der Waals surface area contributed by atoms with Gasteiger partial charge in [0.25, 0.3) is 0 Å². The van der Waals surface area contributed by atoms with E-state index in [9.17, 15) is 17.6 Å². The molecule has 1 N–H and O–H groups in total. The molecule has 1 amide bonds. The van der Waals surface area contributed by atoms with E-state index >= 15 is 0 Å². The van der Waals surface area contributed by atoms with Gasteiger partial charge in [0.15, 0.2) is 0 Å². The summed E-state index contributed by atoms with van der Waals surface area (Å²) in [6, 6.07) is 12.2. The lowest BCUT2D eigenvalue weighted by molar-refractivity contribution is -0.121. The van der Waals surface area contributed by atoms with Gasteiger partial charge in [-0.3, -0.25) is 4.79 Å². The third-order valence-corrected chi connectivity index (χ3v) is 5.97. The van der Waals surface area contributed by atoms with E-state index in [2.05, 4.69) is 12.2 Å². The first-order chi connectivity index (χ1) is 12.2. The highest BCUT2D eigenvalue weighted by atomic mass is 32.2. The lowest BCUT2D eigenvalue weighted by Gasteiger charge is -2.19. The average Bonchev–Trinajstić information content (AvgIpc) is 2.61. The third kappa shape index (κ3) is 4.89. The topological polar surface area (TPSA) is 66.5 Å². The maximum absolute atomic E-state index is 13.0. The zero-order chi connectivity index (χ0) is 19.3. The molecule has 1 unspecified atom stereocenters. The van der Waals surface area contributed by atoms with Gasteiger partial charge in [0.05, 0.1) is 17.5 Å². The minimum atomic E-state index is -3.85. The highest BCUT2D eigenvalue weighted by molar-refractivity contribution is 7.89. The van der Waals surface area contributed by atoms with Crippen molar-refractivity contribution in [2.45, 2.75) is 31.2 Å². The fourth-order valence-electron chi connectivity index (χ4n) is 2.49. The third-order valence-electron chi connectivity index (χ3n) is 4.15. The van der Waals surface area contributed by atoms with Crippen LogP contribution in [0.25, 0.3) is 0 Å². The molecular weight excluding hydrogens is 355 g/mol. The zero-order valence-corrected chi connectivity index (χ0v) is 15.9. The molecule has 0 bridgehead atoms. The number of benzene rings is 2. The Kier molecular flexibility index (Phi) is 6.50. The van der Waals surface area contributed by atoms with Gasteiger partial charge < -0.3 is 5.32 Å². The van der Waals surface area contributed by atoms with E-state index in [1.165, 1.54) is 24.7 Å². The van der Waals surface area contributed by atoms with Crippen molar-refractivity contribution >= 4 is 15.9 Å². The Hall–Kier alpha value is -2.25. The van der Waals surface area contributed by atoms with Crippen molar-refractivity contribution in [1.82, 2.24) is 9.62 Å². The number of aryl methyl sites for hydroxylation is 1. The number of nitrogens with one attached hydrogen (secondary N) is 1. The number of sulfonamides is 1. The molecule has 0 saturated heterocycles. The largest absolute Gasteiger partial charge is 0.348 e. The molecular formula is C19H23FN2O3S. The number of likely N-dealkylation sites (N-methyl/N-ethyl adjacent to an activating group) is 1. The molecule has 0 fully saturated rings. The van der Waals surface area contributed by atoms with Crippen molar-refractivity contribution < 1.29 is 17.6 Å². The van der Waals surface area contributed by atoms with Crippen LogP contribution in [-0.2, 0) is 21.2 Å². The summed E-state index contributed by atoms with van der Waals surface area (Å²) in [7, 11) is -2.54. The van der Waals surface area contributed by atoms with Gasteiger partial charge in [-0.25, -0.2) is 12.8 Å². The van der Waals surface area contributed by atoms with Gasteiger partial charge in [-0.05, 0) is 48.7 Å². The smallest absolute Gasteiger partial charge is 0.243 e. The maximum atomic E-state index is 13.0. The Balaban J connectivity index is 2.00. The molecule has 7 heteroatoms. The lowest BCUT2D eigenvalue weighted by Crippen LogP contribution is -2.39. The Morgan fingerprint density at radius 1 is 1.12 bits per heavy atom. The Morgan fingerprint density at radius 2 is 1.69 bits per heavy atom. The highest BCUT2D eigenvalue weighted by Crippen LogP contribution is 2.16. The number of amides is 1. The van der Waals surface area contributed by atoms with Crippen molar-refractivity contribution in [3.05, 3.63) is 65.5 Å². The standard InChI is InChI=1S/C19H23FN2O3S/c1-4-15-5-7-16(8-6-15)14(2)21-19(23)13-22(3)26(24,25)18-11-9-17(20)10-12-18/h5-12,14H,4,13H2,1-3H3,(H,21,23). The minimum absolute atomic E-state index is 0.0580. The van der Waals surface area contributed by atoms with Gasteiger partial charge in [0.1, 0.15) is 5.82 Å². The first-order valence-electron chi connectivity index (χ1n) is 8.34. The second-order valence-electron chi connectivity index (χ2n) is 6.10. The van der Waals surface area contributed by atoms with Crippen LogP contribution in [-0.4, -0.2) is 32.2 Å².